The average Bonchev–Trinajstić information content (AvgIpc) is 2.23. The quantitative estimate of drug-likeness (QED) is 0.414. The van der Waals surface area contributed by atoms with E-state index in [2.05, 4.69) is 4.74 Å². The number of hydrogen-bond acceptors (Lipinski definition) is 4. The molecule has 0 aromatic rings. The maximum absolute atomic E-state index is 11.4. The second kappa shape index (κ2) is 7.21. The molecular formula is C11H14O6. The molecule has 0 aliphatic rings. The predicted octanol–water partition coefficient (Wildman–Crippen LogP) is 1.33. The molecular weight excluding hydrogens is 228 g/mol. The van der Waals surface area contributed by atoms with Gasteiger partial charge in [-0.05, 0) is 13.3 Å². The lowest BCUT2D eigenvalue weighted by molar-refractivity contribution is -0.146. The van der Waals surface area contributed by atoms with Gasteiger partial charge < -0.3 is 14.9 Å². The van der Waals surface area contributed by atoms with Crippen LogP contribution in [0.25, 0.3) is 0 Å². The summed E-state index contributed by atoms with van der Waals surface area (Å²) in [5.41, 5.74) is 0.240. The fraction of sp³-hybridized carbons (Fsp3) is 0.364. The van der Waals surface area contributed by atoms with Crippen LogP contribution in [0.15, 0.2) is 23.5 Å². The summed E-state index contributed by atoms with van der Waals surface area (Å²) < 4.78 is 4.46. The Morgan fingerprint density at radius 3 is 2.24 bits per heavy atom. The summed E-state index contributed by atoms with van der Waals surface area (Å²) in [4.78, 5) is 32.2. The van der Waals surface area contributed by atoms with Gasteiger partial charge in [-0.25, -0.2) is 14.4 Å². The van der Waals surface area contributed by atoms with Crippen molar-refractivity contribution < 1.29 is 29.3 Å². The van der Waals surface area contributed by atoms with Gasteiger partial charge in [-0.15, -0.1) is 0 Å². The van der Waals surface area contributed by atoms with Crippen molar-refractivity contribution in [3.63, 3.8) is 0 Å². The Morgan fingerprint density at radius 2 is 1.82 bits per heavy atom. The maximum Gasteiger partial charge on any atom is 0.372 e. The van der Waals surface area contributed by atoms with Crippen molar-refractivity contribution in [2.24, 2.45) is 0 Å². The number of aliphatic carboxylic acids is 2. The summed E-state index contributed by atoms with van der Waals surface area (Å²) in [7, 11) is 0. The van der Waals surface area contributed by atoms with Gasteiger partial charge in [0.05, 0.1) is 6.08 Å². The molecule has 6 heteroatoms. The Bertz CT molecular complexity index is 377. The van der Waals surface area contributed by atoms with Gasteiger partial charge in [0.2, 0.25) is 5.76 Å². The van der Waals surface area contributed by atoms with Crippen molar-refractivity contribution in [2.45, 2.75) is 26.7 Å². The van der Waals surface area contributed by atoms with Crippen LogP contribution in [0.2, 0.25) is 0 Å². The van der Waals surface area contributed by atoms with E-state index in [9.17, 15) is 14.4 Å². The van der Waals surface area contributed by atoms with E-state index in [1.54, 1.807) is 6.08 Å². The largest absolute Gasteiger partial charge is 0.478 e. The van der Waals surface area contributed by atoms with Crippen LogP contribution in [0.5, 0.6) is 0 Å². The number of allylic oxidation sites excluding steroid dienone is 1. The van der Waals surface area contributed by atoms with E-state index >= 15 is 0 Å². The van der Waals surface area contributed by atoms with E-state index in [0.29, 0.717) is 12.5 Å². The second-order valence-electron chi connectivity index (χ2n) is 3.22. The van der Waals surface area contributed by atoms with E-state index in [1.807, 2.05) is 6.92 Å². The van der Waals surface area contributed by atoms with Crippen molar-refractivity contribution in [1.29, 1.82) is 0 Å². The number of carbonyl (C=O) groups excluding carboxylic acids is 1. The molecule has 0 fully saturated rings. The fourth-order valence-corrected chi connectivity index (χ4v) is 0.872. The van der Waals surface area contributed by atoms with Crippen LogP contribution in [0.1, 0.15) is 26.7 Å². The van der Waals surface area contributed by atoms with Crippen LogP contribution in [0.3, 0.4) is 0 Å². The topological polar surface area (TPSA) is 101 Å². The van der Waals surface area contributed by atoms with E-state index in [1.165, 1.54) is 6.92 Å². The SMILES string of the molecule is CCCC=C(C)C(=O)O/C(=C/C(=O)O)C(=O)O. The molecule has 0 saturated heterocycles. The minimum atomic E-state index is -1.61. The van der Waals surface area contributed by atoms with E-state index in [0.717, 1.165) is 6.42 Å². The van der Waals surface area contributed by atoms with Crippen molar-refractivity contribution in [3.05, 3.63) is 23.5 Å². The fourth-order valence-electron chi connectivity index (χ4n) is 0.872. The number of rotatable bonds is 6. The summed E-state index contributed by atoms with van der Waals surface area (Å²) >= 11 is 0. The molecule has 0 aliphatic carbocycles. The number of carboxylic acids is 2. The van der Waals surface area contributed by atoms with E-state index in [4.69, 9.17) is 10.2 Å². The monoisotopic (exact) mass is 242 g/mol. The highest BCUT2D eigenvalue weighted by Gasteiger charge is 2.16. The zero-order chi connectivity index (χ0) is 13.4. The lowest BCUT2D eigenvalue weighted by Gasteiger charge is -2.04. The molecule has 0 unspecified atom stereocenters. The summed E-state index contributed by atoms with van der Waals surface area (Å²) in [5.74, 6) is -4.88. The summed E-state index contributed by atoms with van der Waals surface area (Å²) in [5, 5.41) is 17.0. The first-order valence-corrected chi connectivity index (χ1v) is 4.95. The molecule has 0 saturated carbocycles. The molecule has 0 atom stereocenters. The van der Waals surface area contributed by atoms with Crippen LogP contribution in [0, 0.1) is 0 Å². The molecule has 0 bridgehead atoms. The first kappa shape index (κ1) is 14.9. The van der Waals surface area contributed by atoms with Gasteiger partial charge in [-0.1, -0.05) is 19.4 Å². The van der Waals surface area contributed by atoms with Gasteiger partial charge in [-0.2, -0.15) is 0 Å². The Kier molecular flexibility index (Phi) is 6.32. The molecule has 0 amide bonds. The summed E-state index contributed by atoms with van der Waals surface area (Å²) in [6, 6.07) is 0. The lowest BCUT2D eigenvalue weighted by atomic mass is 10.2. The van der Waals surface area contributed by atoms with Crippen molar-refractivity contribution in [2.75, 3.05) is 0 Å². The van der Waals surface area contributed by atoms with Crippen LogP contribution in [-0.4, -0.2) is 28.1 Å². The third-order valence-corrected chi connectivity index (χ3v) is 1.73. The van der Waals surface area contributed by atoms with Gasteiger partial charge in [0, 0.05) is 5.57 Å². The van der Waals surface area contributed by atoms with Gasteiger partial charge in [0.15, 0.2) is 0 Å². The van der Waals surface area contributed by atoms with Crippen LogP contribution < -0.4 is 0 Å². The Morgan fingerprint density at radius 1 is 1.24 bits per heavy atom. The summed E-state index contributed by atoms with van der Waals surface area (Å²) in [6.45, 7) is 3.39. The Balaban J connectivity index is 4.74. The standard InChI is InChI=1S/C11H14O6/c1-3-4-5-7(2)11(16)17-8(10(14)15)6-9(12)13/h5-6H,3-4H2,1-2H3,(H,12,13)(H,14,15)/b7-5?,8-6+. The molecule has 0 heterocycles. The highest BCUT2D eigenvalue weighted by molar-refractivity contribution is 5.97. The molecule has 94 valence electrons. The van der Waals surface area contributed by atoms with Gasteiger partial charge in [-0.3, -0.25) is 0 Å². The molecule has 17 heavy (non-hydrogen) atoms. The van der Waals surface area contributed by atoms with Gasteiger partial charge in [0.25, 0.3) is 0 Å². The Labute approximate surface area is 98.2 Å². The normalized spacial score (nSPS) is 12.1. The van der Waals surface area contributed by atoms with Crippen molar-refractivity contribution in [3.8, 4) is 0 Å². The van der Waals surface area contributed by atoms with Crippen molar-refractivity contribution in [1.82, 2.24) is 0 Å². The molecule has 0 aromatic carbocycles. The van der Waals surface area contributed by atoms with Crippen molar-refractivity contribution >= 4 is 17.9 Å². The zero-order valence-electron chi connectivity index (χ0n) is 9.60. The molecule has 0 rings (SSSR count). The maximum atomic E-state index is 11.4. The third-order valence-electron chi connectivity index (χ3n) is 1.73. The van der Waals surface area contributed by atoms with Crippen LogP contribution in [-0.2, 0) is 19.1 Å². The second-order valence-corrected chi connectivity index (χ2v) is 3.22. The minimum absolute atomic E-state index is 0.240. The first-order valence-electron chi connectivity index (χ1n) is 4.95. The summed E-state index contributed by atoms with van der Waals surface area (Å²) in [6.07, 6.45) is 3.42. The highest BCUT2D eigenvalue weighted by atomic mass is 16.6. The number of hydrogen-bond donors (Lipinski definition) is 2. The van der Waals surface area contributed by atoms with Gasteiger partial charge in [0.1, 0.15) is 0 Å². The van der Waals surface area contributed by atoms with Crippen LogP contribution in [0.4, 0.5) is 0 Å². The average molecular weight is 242 g/mol. The Hall–Kier alpha value is -2.11. The highest BCUT2D eigenvalue weighted by Crippen LogP contribution is 2.06. The molecule has 6 nitrogen and oxygen atoms in total. The van der Waals surface area contributed by atoms with Crippen LogP contribution >= 0.6 is 0 Å². The smallest absolute Gasteiger partial charge is 0.372 e. The third kappa shape index (κ3) is 6.14. The number of esters is 1. The lowest BCUT2D eigenvalue weighted by Crippen LogP contribution is -2.13. The number of unbranched alkanes of at least 4 members (excludes halogenated alkanes) is 1. The number of carboxylic acid groups (broad SMARTS) is 2. The predicted molar refractivity (Wildman–Crippen MR) is 58.1 cm³/mol. The number of carbonyl (C=O) groups is 3. The number of ether oxygens (including phenoxy) is 1. The zero-order valence-corrected chi connectivity index (χ0v) is 9.60. The van der Waals surface area contributed by atoms with Gasteiger partial charge >= 0.3 is 17.9 Å². The molecule has 0 aromatic heterocycles. The molecule has 2 N–H and O–H groups in total. The first-order chi connectivity index (χ1) is 7.88. The minimum Gasteiger partial charge on any atom is -0.478 e. The molecule has 0 aliphatic heterocycles. The molecule has 0 spiro atoms. The molecule has 0 radical (unpaired) electrons. The van der Waals surface area contributed by atoms with E-state index < -0.39 is 23.7 Å². The van der Waals surface area contributed by atoms with E-state index in [-0.39, 0.29) is 5.57 Å².